The summed E-state index contributed by atoms with van der Waals surface area (Å²) >= 11 is 0. The molecule has 5 nitrogen and oxygen atoms in total. The fraction of sp³-hybridized carbons (Fsp3) is 0.682. The lowest BCUT2D eigenvalue weighted by atomic mass is 10.0. The molecule has 0 amide bonds. The Morgan fingerprint density at radius 3 is 2.39 bits per heavy atom. The fourth-order valence-corrected chi connectivity index (χ4v) is 3.99. The summed E-state index contributed by atoms with van der Waals surface area (Å²) in [5.74, 6) is 1.83. The van der Waals surface area contributed by atoms with Crippen molar-refractivity contribution in [2.75, 3.05) is 40.3 Å². The quantitative estimate of drug-likeness (QED) is 0.328. The average Bonchev–Trinajstić information content (AvgIpc) is 3.49. The Bertz CT molecular complexity index is 578. The van der Waals surface area contributed by atoms with Gasteiger partial charge in [-0.1, -0.05) is 30.3 Å². The van der Waals surface area contributed by atoms with Crippen molar-refractivity contribution in [3.05, 3.63) is 35.9 Å². The molecule has 28 heavy (non-hydrogen) atoms. The van der Waals surface area contributed by atoms with E-state index in [1.54, 1.807) is 0 Å². The van der Waals surface area contributed by atoms with Gasteiger partial charge < -0.3 is 15.5 Å². The summed E-state index contributed by atoms with van der Waals surface area (Å²) in [5.41, 5.74) is 1.41. The number of nitrogens with one attached hydrogen (secondary N) is 2. The zero-order valence-electron chi connectivity index (χ0n) is 17.7. The molecular weight excluding hydrogens is 461 g/mol. The number of halogens is 1. The van der Waals surface area contributed by atoms with Crippen LogP contribution in [0.15, 0.2) is 35.3 Å². The van der Waals surface area contributed by atoms with E-state index in [2.05, 4.69) is 71.8 Å². The number of nitrogens with zero attached hydrogens (tertiary/aromatic N) is 3. The highest BCUT2D eigenvalue weighted by Gasteiger charge is 2.32. The molecule has 1 atom stereocenters. The number of aliphatic imine (C=N–C) groups is 1. The average molecular weight is 499 g/mol. The van der Waals surface area contributed by atoms with E-state index in [4.69, 9.17) is 4.99 Å². The zero-order valence-corrected chi connectivity index (χ0v) is 20.1. The first kappa shape index (κ1) is 23.4. The molecule has 1 heterocycles. The Balaban J connectivity index is 0.00000280. The maximum absolute atomic E-state index is 4.92. The maximum Gasteiger partial charge on any atom is 0.191 e. The van der Waals surface area contributed by atoms with Crippen molar-refractivity contribution in [3.8, 4) is 0 Å². The standard InChI is InChI=1S/C22H37N5.HI/c1-4-23-22(24-16-21(26(2)3)19-10-11-19)25-20-12-14-27(15-13-20)17-18-8-6-5-7-9-18;/h5-9,19-21H,4,10-17H2,1-3H3,(H2,23,24,25);1H. The molecule has 1 aromatic carbocycles. The predicted molar refractivity (Wildman–Crippen MR) is 129 cm³/mol. The van der Waals surface area contributed by atoms with E-state index >= 15 is 0 Å². The largest absolute Gasteiger partial charge is 0.357 e. The minimum absolute atomic E-state index is 0. The van der Waals surface area contributed by atoms with Crippen molar-refractivity contribution in [2.45, 2.75) is 51.2 Å². The predicted octanol–water partition coefficient (Wildman–Crippen LogP) is 3.16. The number of benzene rings is 1. The molecule has 2 fully saturated rings. The molecule has 1 aromatic rings. The second-order valence-electron chi connectivity index (χ2n) is 8.27. The third kappa shape index (κ3) is 7.52. The molecule has 1 saturated carbocycles. The van der Waals surface area contributed by atoms with Gasteiger partial charge in [0.1, 0.15) is 0 Å². The van der Waals surface area contributed by atoms with E-state index in [0.29, 0.717) is 12.1 Å². The van der Waals surface area contributed by atoms with Crippen molar-refractivity contribution in [3.63, 3.8) is 0 Å². The van der Waals surface area contributed by atoms with Crippen LogP contribution in [-0.2, 0) is 6.54 Å². The number of likely N-dealkylation sites (N-methyl/N-ethyl adjacent to an activating group) is 1. The Morgan fingerprint density at radius 2 is 1.82 bits per heavy atom. The summed E-state index contributed by atoms with van der Waals surface area (Å²) in [6, 6.07) is 11.9. The number of guanidine groups is 1. The van der Waals surface area contributed by atoms with E-state index in [1.807, 2.05) is 0 Å². The molecular formula is C22H38IN5. The topological polar surface area (TPSA) is 42.9 Å². The van der Waals surface area contributed by atoms with E-state index < -0.39 is 0 Å². The number of rotatable bonds is 8. The van der Waals surface area contributed by atoms with Crippen LogP contribution in [-0.4, -0.2) is 68.1 Å². The van der Waals surface area contributed by atoms with Crippen LogP contribution < -0.4 is 10.6 Å². The molecule has 2 aliphatic rings. The number of likely N-dealkylation sites (tertiary alicyclic amines) is 1. The molecule has 0 spiro atoms. The summed E-state index contributed by atoms with van der Waals surface area (Å²) < 4.78 is 0. The highest BCUT2D eigenvalue weighted by atomic mass is 127. The summed E-state index contributed by atoms with van der Waals surface area (Å²) in [6.45, 7) is 7.30. The maximum atomic E-state index is 4.92. The zero-order chi connectivity index (χ0) is 19.1. The summed E-state index contributed by atoms with van der Waals surface area (Å²) in [7, 11) is 4.36. The van der Waals surface area contributed by atoms with E-state index in [1.165, 1.54) is 31.2 Å². The van der Waals surface area contributed by atoms with Crippen LogP contribution in [0.25, 0.3) is 0 Å². The molecule has 0 radical (unpaired) electrons. The van der Waals surface area contributed by atoms with Crippen LogP contribution in [0.2, 0.25) is 0 Å². The molecule has 1 aliphatic carbocycles. The van der Waals surface area contributed by atoms with Crippen LogP contribution in [0.1, 0.15) is 38.2 Å². The van der Waals surface area contributed by atoms with Crippen molar-refractivity contribution in [2.24, 2.45) is 10.9 Å². The van der Waals surface area contributed by atoms with Gasteiger partial charge in [0.25, 0.3) is 0 Å². The van der Waals surface area contributed by atoms with Crippen LogP contribution >= 0.6 is 24.0 Å². The Kier molecular flexibility index (Phi) is 10.0. The molecule has 1 unspecified atom stereocenters. The highest BCUT2D eigenvalue weighted by Crippen LogP contribution is 2.34. The van der Waals surface area contributed by atoms with Gasteiger partial charge >= 0.3 is 0 Å². The smallest absolute Gasteiger partial charge is 0.191 e. The van der Waals surface area contributed by atoms with Gasteiger partial charge in [0, 0.05) is 38.3 Å². The first-order chi connectivity index (χ1) is 13.2. The molecule has 2 N–H and O–H groups in total. The monoisotopic (exact) mass is 499 g/mol. The van der Waals surface area contributed by atoms with Gasteiger partial charge in [0.05, 0.1) is 6.54 Å². The van der Waals surface area contributed by atoms with E-state index in [0.717, 1.165) is 44.6 Å². The minimum Gasteiger partial charge on any atom is -0.357 e. The van der Waals surface area contributed by atoms with Crippen LogP contribution in [0.5, 0.6) is 0 Å². The van der Waals surface area contributed by atoms with Gasteiger partial charge in [-0.2, -0.15) is 0 Å². The summed E-state index contributed by atoms with van der Waals surface area (Å²) in [5, 5.41) is 7.13. The highest BCUT2D eigenvalue weighted by molar-refractivity contribution is 14.0. The Morgan fingerprint density at radius 1 is 1.14 bits per heavy atom. The fourth-order valence-electron chi connectivity index (χ4n) is 3.99. The van der Waals surface area contributed by atoms with Crippen molar-refractivity contribution in [1.29, 1.82) is 0 Å². The molecule has 6 heteroatoms. The molecule has 158 valence electrons. The van der Waals surface area contributed by atoms with E-state index in [-0.39, 0.29) is 24.0 Å². The van der Waals surface area contributed by atoms with Gasteiger partial charge in [-0.15, -0.1) is 24.0 Å². The van der Waals surface area contributed by atoms with Crippen LogP contribution in [0.4, 0.5) is 0 Å². The first-order valence-corrected chi connectivity index (χ1v) is 10.6. The SMILES string of the molecule is CCNC(=NCC(C1CC1)N(C)C)NC1CCN(Cc2ccccc2)CC1.I. The number of hydrogen-bond acceptors (Lipinski definition) is 3. The second-order valence-corrected chi connectivity index (χ2v) is 8.27. The normalized spacial score (nSPS) is 19.9. The van der Waals surface area contributed by atoms with Crippen LogP contribution in [0, 0.1) is 5.92 Å². The van der Waals surface area contributed by atoms with Gasteiger partial charge in [-0.05, 0) is 58.2 Å². The van der Waals surface area contributed by atoms with E-state index in [9.17, 15) is 0 Å². The molecule has 1 saturated heterocycles. The van der Waals surface area contributed by atoms with Gasteiger partial charge in [-0.3, -0.25) is 9.89 Å². The van der Waals surface area contributed by atoms with Crippen molar-refractivity contribution >= 4 is 29.9 Å². The third-order valence-electron chi connectivity index (χ3n) is 5.79. The molecule has 1 aliphatic heterocycles. The molecule has 0 bridgehead atoms. The number of piperidine rings is 1. The first-order valence-electron chi connectivity index (χ1n) is 10.6. The lowest BCUT2D eigenvalue weighted by Gasteiger charge is -2.33. The van der Waals surface area contributed by atoms with Crippen molar-refractivity contribution in [1.82, 2.24) is 20.4 Å². The van der Waals surface area contributed by atoms with Crippen molar-refractivity contribution < 1.29 is 0 Å². The molecule has 3 rings (SSSR count). The summed E-state index contributed by atoms with van der Waals surface area (Å²) in [6.07, 6.45) is 5.08. The molecule has 0 aromatic heterocycles. The Labute approximate surface area is 188 Å². The summed E-state index contributed by atoms with van der Waals surface area (Å²) in [4.78, 5) is 9.82. The Hall–Kier alpha value is -0.860. The van der Waals surface area contributed by atoms with Gasteiger partial charge in [0.2, 0.25) is 0 Å². The van der Waals surface area contributed by atoms with Gasteiger partial charge in [0.15, 0.2) is 5.96 Å². The lowest BCUT2D eigenvalue weighted by Crippen LogP contribution is -2.49. The second kappa shape index (κ2) is 12.0. The van der Waals surface area contributed by atoms with Gasteiger partial charge in [-0.25, -0.2) is 0 Å². The minimum atomic E-state index is 0. The lowest BCUT2D eigenvalue weighted by molar-refractivity contribution is 0.198. The third-order valence-corrected chi connectivity index (χ3v) is 5.79. The van der Waals surface area contributed by atoms with Crippen LogP contribution in [0.3, 0.4) is 0 Å². The number of hydrogen-bond donors (Lipinski definition) is 2.